The Labute approximate surface area is 144 Å². The second-order valence-corrected chi connectivity index (χ2v) is 7.74. The van der Waals surface area contributed by atoms with E-state index in [1.807, 2.05) is 0 Å². The van der Waals surface area contributed by atoms with E-state index < -0.39 is 5.97 Å². The molecule has 0 unspecified atom stereocenters. The summed E-state index contributed by atoms with van der Waals surface area (Å²) in [6, 6.07) is 6.44. The Bertz CT molecular complexity index is 581. The van der Waals surface area contributed by atoms with Crippen molar-refractivity contribution in [1.29, 1.82) is 0 Å². The number of aryl methyl sites for hydroxylation is 1. The second-order valence-electron chi connectivity index (χ2n) is 7.74. The number of ether oxygens (including phenoxy) is 1. The SMILES string of the molecule is COc1cc(C)cc(N2CCC3(CCC(CC(=O)O)CC3)CC2)c1. The van der Waals surface area contributed by atoms with E-state index in [-0.39, 0.29) is 0 Å². The number of carboxylic acids is 1. The molecule has 2 fully saturated rings. The van der Waals surface area contributed by atoms with Gasteiger partial charge in [0.25, 0.3) is 0 Å². The number of hydrogen-bond donors (Lipinski definition) is 1. The van der Waals surface area contributed by atoms with Gasteiger partial charge in [-0.3, -0.25) is 4.79 Å². The van der Waals surface area contributed by atoms with Gasteiger partial charge in [-0.05, 0) is 74.5 Å². The van der Waals surface area contributed by atoms with Crippen molar-refractivity contribution >= 4 is 11.7 Å². The van der Waals surface area contributed by atoms with Crippen LogP contribution < -0.4 is 9.64 Å². The van der Waals surface area contributed by atoms with Crippen molar-refractivity contribution in [3.05, 3.63) is 23.8 Å². The third-order valence-corrected chi connectivity index (χ3v) is 6.09. The molecule has 1 aromatic rings. The third-order valence-electron chi connectivity index (χ3n) is 6.09. The fourth-order valence-electron chi connectivity index (χ4n) is 4.51. The van der Waals surface area contributed by atoms with Crippen molar-refractivity contribution in [2.24, 2.45) is 11.3 Å². The van der Waals surface area contributed by atoms with Gasteiger partial charge in [0.1, 0.15) is 5.75 Å². The topological polar surface area (TPSA) is 49.8 Å². The Hall–Kier alpha value is -1.71. The molecule has 1 aliphatic carbocycles. The molecule has 1 spiro atoms. The van der Waals surface area contributed by atoms with E-state index in [2.05, 4.69) is 30.0 Å². The Morgan fingerprint density at radius 2 is 1.88 bits per heavy atom. The van der Waals surface area contributed by atoms with E-state index in [9.17, 15) is 4.79 Å². The molecule has 1 saturated heterocycles. The smallest absolute Gasteiger partial charge is 0.303 e. The molecule has 4 nitrogen and oxygen atoms in total. The summed E-state index contributed by atoms with van der Waals surface area (Å²) in [6.45, 7) is 4.30. The minimum atomic E-state index is -0.640. The van der Waals surface area contributed by atoms with Gasteiger partial charge in [-0.2, -0.15) is 0 Å². The van der Waals surface area contributed by atoms with Gasteiger partial charge < -0.3 is 14.7 Å². The maximum Gasteiger partial charge on any atom is 0.303 e. The van der Waals surface area contributed by atoms with Gasteiger partial charge in [-0.15, -0.1) is 0 Å². The van der Waals surface area contributed by atoms with Crippen molar-refractivity contribution in [1.82, 2.24) is 0 Å². The average Bonchev–Trinajstić information content (AvgIpc) is 2.57. The standard InChI is InChI=1S/C20H29NO3/c1-15-11-17(14-18(12-15)24-2)21-9-7-20(8-10-21)5-3-16(4-6-20)13-19(22)23/h11-12,14,16H,3-10,13H2,1-2H3,(H,22,23). The van der Waals surface area contributed by atoms with Crippen LogP contribution in [0.4, 0.5) is 5.69 Å². The minimum absolute atomic E-state index is 0.352. The fourth-order valence-corrected chi connectivity index (χ4v) is 4.51. The lowest BCUT2D eigenvalue weighted by molar-refractivity contribution is -0.138. The highest BCUT2D eigenvalue weighted by atomic mass is 16.5. The van der Waals surface area contributed by atoms with Crippen LogP contribution in [0.3, 0.4) is 0 Å². The molecule has 0 bridgehead atoms. The van der Waals surface area contributed by atoms with Crippen LogP contribution >= 0.6 is 0 Å². The molecule has 1 saturated carbocycles. The molecule has 0 amide bonds. The molecule has 1 aliphatic heterocycles. The molecule has 1 heterocycles. The van der Waals surface area contributed by atoms with Crippen LogP contribution in [-0.4, -0.2) is 31.3 Å². The van der Waals surface area contributed by atoms with Gasteiger partial charge in [0.15, 0.2) is 0 Å². The Balaban J connectivity index is 1.58. The highest BCUT2D eigenvalue weighted by Gasteiger charge is 2.38. The third kappa shape index (κ3) is 3.85. The quantitative estimate of drug-likeness (QED) is 0.896. The van der Waals surface area contributed by atoms with E-state index >= 15 is 0 Å². The van der Waals surface area contributed by atoms with Crippen LogP contribution in [0.15, 0.2) is 18.2 Å². The molecule has 3 rings (SSSR count). The van der Waals surface area contributed by atoms with Crippen molar-refractivity contribution in [3.63, 3.8) is 0 Å². The average molecular weight is 331 g/mol. The molecular formula is C20H29NO3. The van der Waals surface area contributed by atoms with Crippen molar-refractivity contribution in [2.75, 3.05) is 25.1 Å². The van der Waals surface area contributed by atoms with E-state index in [1.165, 1.54) is 36.9 Å². The number of carboxylic acid groups (broad SMARTS) is 1. The monoisotopic (exact) mass is 331 g/mol. The predicted octanol–water partition coefficient (Wildman–Crippen LogP) is 4.26. The summed E-state index contributed by atoms with van der Waals surface area (Å²) in [5.74, 6) is 0.686. The molecule has 1 aromatic carbocycles. The van der Waals surface area contributed by atoms with E-state index in [0.29, 0.717) is 17.8 Å². The molecule has 4 heteroatoms. The fraction of sp³-hybridized carbons (Fsp3) is 0.650. The van der Waals surface area contributed by atoms with Crippen molar-refractivity contribution in [2.45, 2.75) is 51.9 Å². The first-order chi connectivity index (χ1) is 11.5. The number of benzene rings is 1. The van der Waals surface area contributed by atoms with Gasteiger partial charge in [-0.25, -0.2) is 0 Å². The lowest BCUT2D eigenvalue weighted by Gasteiger charge is -2.46. The van der Waals surface area contributed by atoms with Gasteiger partial charge in [-0.1, -0.05) is 0 Å². The Kier molecular flexibility index (Phi) is 5.02. The summed E-state index contributed by atoms with van der Waals surface area (Å²) in [5.41, 5.74) is 2.96. The van der Waals surface area contributed by atoms with Crippen molar-refractivity contribution in [3.8, 4) is 5.75 Å². The summed E-state index contributed by atoms with van der Waals surface area (Å²) >= 11 is 0. The van der Waals surface area contributed by atoms with Crippen LogP contribution in [0.25, 0.3) is 0 Å². The molecule has 1 N–H and O–H groups in total. The van der Waals surface area contributed by atoms with Crippen LogP contribution in [0.1, 0.15) is 50.5 Å². The zero-order chi connectivity index (χ0) is 17.2. The molecule has 0 aromatic heterocycles. The first-order valence-electron chi connectivity index (χ1n) is 9.12. The first-order valence-corrected chi connectivity index (χ1v) is 9.12. The number of hydrogen-bond acceptors (Lipinski definition) is 3. The molecule has 0 radical (unpaired) electrons. The summed E-state index contributed by atoms with van der Waals surface area (Å²) in [6.07, 6.45) is 7.39. The minimum Gasteiger partial charge on any atom is -0.497 e. The van der Waals surface area contributed by atoms with Crippen molar-refractivity contribution < 1.29 is 14.6 Å². The summed E-state index contributed by atoms with van der Waals surface area (Å²) < 4.78 is 5.41. The normalized spacial score (nSPS) is 21.0. The van der Waals surface area contributed by atoms with Crippen LogP contribution in [0, 0.1) is 18.3 Å². The van der Waals surface area contributed by atoms with Gasteiger partial charge >= 0.3 is 5.97 Å². The van der Waals surface area contributed by atoms with Crippen LogP contribution in [0.2, 0.25) is 0 Å². The van der Waals surface area contributed by atoms with Crippen LogP contribution in [0.5, 0.6) is 5.75 Å². The molecule has 132 valence electrons. The van der Waals surface area contributed by atoms with E-state index in [1.54, 1.807) is 7.11 Å². The lowest BCUT2D eigenvalue weighted by Crippen LogP contribution is -2.42. The van der Waals surface area contributed by atoms with Gasteiger partial charge in [0, 0.05) is 31.3 Å². The summed E-state index contributed by atoms with van der Waals surface area (Å²) in [7, 11) is 1.72. The number of methoxy groups -OCH3 is 1. The van der Waals surface area contributed by atoms with E-state index in [4.69, 9.17) is 9.84 Å². The number of nitrogens with zero attached hydrogens (tertiary/aromatic N) is 1. The van der Waals surface area contributed by atoms with E-state index in [0.717, 1.165) is 31.7 Å². The number of anilines is 1. The number of piperidine rings is 1. The molecule has 24 heavy (non-hydrogen) atoms. The molecular weight excluding hydrogens is 302 g/mol. The zero-order valence-electron chi connectivity index (χ0n) is 14.9. The molecule has 0 atom stereocenters. The maximum atomic E-state index is 10.9. The summed E-state index contributed by atoms with van der Waals surface area (Å²) in [4.78, 5) is 13.4. The number of carbonyl (C=O) groups is 1. The zero-order valence-corrected chi connectivity index (χ0v) is 14.9. The lowest BCUT2D eigenvalue weighted by atomic mass is 9.65. The highest BCUT2D eigenvalue weighted by molar-refractivity contribution is 5.67. The van der Waals surface area contributed by atoms with Gasteiger partial charge in [0.05, 0.1) is 7.11 Å². The number of rotatable bonds is 4. The highest BCUT2D eigenvalue weighted by Crippen LogP contribution is 2.47. The van der Waals surface area contributed by atoms with Gasteiger partial charge in [0.2, 0.25) is 0 Å². The summed E-state index contributed by atoms with van der Waals surface area (Å²) in [5, 5.41) is 8.98. The largest absolute Gasteiger partial charge is 0.497 e. The second kappa shape index (κ2) is 7.04. The number of aliphatic carboxylic acids is 1. The first kappa shape index (κ1) is 17.1. The van der Waals surface area contributed by atoms with Crippen LogP contribution in [-0.2, 0) is 4.79 Å². The maximum absolute atomic E-state index is 10.9. The molecule has 2 aliphatic rings. The Morgan fingerprint density at radius 3 is 2.46 bits per heavy atom. The predicted molar refractivity (Wildman–Crippen MR) is 95.8 cm³/mol. The Morgan fingerprint density at radius 1 is 1.21 bits per heavy atom.